The Balaban J connectivity index is 2.04. The van der Waals surface area contributed by atoms with Crippen LogP contribution in [-0.2, 0) is 11.2 Å². The van der Waals surface area contributed by atoms with E-state index in [-0.39, 0.29) is 0 Å². The van der Waals surface area contributed by atoms with E-state index in [1.165, 1.54) is 24.0 Å². The first-order valence-corrected chi connectivity index (χ1v) is 5.02. The second-order valence-electron chi connectivity index (χ2n) is 3.77. The van der Waals surface area contributed by atoms with Gasteiger partial charge in [-0.1, -0.05) is 24.3 Å². The van der Waals surface area contributed by atoms with E-state index in [0.717, 1.165) is 13.0 Å². The zero-order valence-corrected chi connectivity index (χ0v) is 8.12. The van der Waals surface area contributed by atoms with Crippen molar-refractivity contribution in [2.24, 2.45) is 0 Å². The van der Waals surface area contributed by atoms with E-state index in [1.54, 1.807) is 0 Å². The molecule has 1 aliphatic rings. The van der Waals surface area contributed by atoms with Crippen LogP contribution in [0.5, 0.6) is 0 Å². The normalized spacial score (nSPS) is 22.1. The van der Waals surface area contributed by atoms with Crippen molar-refractivity contribution in [2.45, 2.75) is 32.3 Å². The Hall–Kier alpha value is -0.820. The van der Waals surface area contributed by atoms with E-state index >= 15 is 0 Å². The molecule has 0 aliphatic carbocycles. The topological polar surface area (TPSA) is 9.23 Å². The van der Waals surface area contributed by atoms with Gasteiger partial charge in [-0.2, -0.15) is 0 Å². The average Bonchev–Trinajstić information content (AvgIpc) is 2.61. The maximum Gasteiger partial charge on any atom is 0.0616 e. The summed E-state index contributed by atoms with van der Waals surface area (Å²) < 4.78 is 5.61. The van der Waals surface area contributed by atoms with Crippen molar-refractivity contribution in [2.75, 3.05) is 6.61 Å². The summed E-state index contributed by atoms with van der Waals surface area (Å²) in [6, 6.07) is 8.58. The first kappa shape index (κ1) is 8.76. The lowest BCUT2D eigenvalue weighted by molar-refractivity contribution is 0.111. The van der Waals surface area contributed by atoms with Crippen LogP contribution in [0.25, 0.3) is 0 Å². The molecule has 1 aromatic rings. The van der Waals surface area contributed by atoms with Crippen molar-refractivity contribution in [3.05, 3.63) is 35.4 Å². The van der Waals surface area contributed by atoms with E-state index in [4.69, 9.17) is 4.74 Å². The summed E-state index contributed by atoms with van der Waals surface area (Å²) in [5.41, 5.74) is 2.83. The SMILES string of the molecule is Cc1ccccc1CC1CCCO1. The lowest BCUT2D eigenvalue weighted by Crippen LogP contribution is -2.09. The van der Waals surface area contributed by atoms with Crippen LogP contribution < -0.4 is 0 Å². The minimum Gasteiger partial charge on any atom is -0.378 e. The zero-order valence-electron chi connectivity index (χ0n) is 8.12. The van der Waals surface area contributed by atoms with Crippen LogP contribution in [0.1, 0.15) is 24.0 Å². The number of hydrogen-bond acceptors (Lipinski definition) is 1. The largest absolute Gasteiger partial charge is 0.378 e. The van der Waals surface area contributed by atoms with E-state index in [9.17, 15) is 0 Å². The first-order valence-electron chi connectivity index (χ1n) is 5.02. The van der Waals surface area contributed by atoms with Crippen molar-refractivity contribution in [3.63, 3.8) is 0 Å². The van der Waals surface area contributed by atoms with Gasteiger partial charge in [0.25, 0.3) is 0 Å². The Labute approximate surface area is 79.7 Å². The molecule has 1 aromatic carbocycles. The molecule has 0 amide bonds. The molecule has 1 atom stereocenters. The molecule has 1 fully saturated rings. The fourth-order valence-corrected chi connectivity index (χ4v) is 1.89. The van der Waals surface area contributed by atoms with Gasteiger partial charge in [0, 0.05) is 6.61 Å². The molecule has 1 unspecified atom stereocenters. The number of hydrogen-bond donors (Lipinski definition) is 0. The van der Waals surface area contributed by atoms with E-state index in [2.05, 4.69) is 31.2 Å². The van der Waals surface area contributed by atoms with Gasteiger partial charge in [-0.05, 0) is 37.3 Å². The fourth-order valence-electron chi connectivity index (χ4n) is 1.89. The van der Waals surface area contributed by atoms with Gasteiger partial charge in [0.1, 0.15) is 0 Å². The van der Waals surface area contributed by atoms with Crippen LogP contribution in [0.3, 0.4) is 0 Å². The number of aryl methyl sites for hydroxylation is 1. The first-order chi connectivity index (χ1) is 6.36. The predicted octanol–water partition coefficient (Wildman–Crippen LogP) is 2.72. The molecule has 0 bridgehead atoms. The Morgan fingerprint density at radius 1 is 1.38 bits per heavy atom. The van der Waals surface area contributed by atoms with Gasteiger partial charge in [-0.3, -0.25) is 0 Å². The highest BCUT2D eigenvalue weighted by molar-refractivity contribution is 5.26. The van der Waals surface area contributed by atoms with Crippen LogP contribution >= 0.6 is 0 Å². The molecule has 0 radical (unpaired) electrons. The molecule has 70 valence electrons. The third-order valence-corrected chi connectivity index (χ3v) is 2.73. The molecule has 0 saturated carbocycles. The molecule has 1 heterocycles. The molecule has 1 aliphatic heterocycles. The van der Waals surface area contributed by atoms with Crippen LogP contribution in [0.4, 0.5) is 0 Å². The average molecular weight is 176 g/mol. The molecule has 0 N–H and O–H groups in total. The van der Waals surface area contributed by atoms with E-state index in [1.807, 2.05) is 0 Å². The molecule has 1 heteroatoms. The van der Waals surface area contributed by atoms with Crippen LogP contribution in [-0.4, -0.2) is 12.7 Å². The molecular formula is C12H16O. The highest BCUT2D eigenvalue weighted by Crippen LogP contribution is 2.18. The van der Waals surface area contributed by atoms with E-state index in [0.29, 0.717) is 6.10 Å². The summed E-state index contributed by atoms with van der Waals surface area (Å²) in [5, 5.41) is 0. The molecule has 0 aromatic heterocycles. The summed E-state index contributed by atoms with van der Waals surface area (Å²) >= 11 is 0. The van der Waals surface area contributed by atoms with Crippen LogP contribution in [0.2, 0.25) is 0 Å². The van der Waals surface area contributed by atoms with Gasteiger partial charge in [-0.25, -0.2) is 0 Å². The number of rotatable bonds is 2. The predicted molar refractivity (Wildman–Crippen MR) is 53.9 cm³/mol. The minimum atomic E-state index is 0.473. The molecule has 0 spiro atoms. The van der Waals surface area contributed by atoms with E-state index < -0.39 is 0 Å². The summed E-state index contributed by atoms with van der Waals surface area (Å²) in [6.07, 6.45) is 4.03. The lowest BCUT2D eigenvalue weighted by atomic mass is 10.0. The summed E-state index contributed by atoms with van der Waals surface area (Å²) in [4.78, 5) is 0. The second-order valence-corrected chi connectivity index (χ2v) is 3.77. The zero-order chi connectivity index (χ0) is 9.10. The maximum absolute atomic E-state index is 5.61. The lowest BCUT2D eigenvalue weighted by Gasteiger charge is -2.10. The van der Waals surface area contributed by atoms with Gasteiger partial charge in [0.05, 0.1) is 6.10 Å². The van der Waals surface area contributed by atoms with Gasteiger partial charge in [-0.15, -0.1) is 0 Å². The van der Waals surface area contributed by atoms with Crippen LogP contribution in [0.15, 0.2) is 24.3 Å². The third-order valence-electron chi connectivity index (χ3n) is 2.73. The quantitative estimate of drug-likeness (QED) is 0.673. The summed E-state index contributed by atoms with van der Waals surface area (Å²) in [5.74, 6) is 0. The van der Waals surface area contributed by atoms with Crippen molar-refractivity contribution in [1.29, 1.82) is 0 Å². The molecule has 2 rings (SSSR count). The smallest absolute Gasteiger partial charge is 0.0616 e. The van der Waals surface area contributed by atoms with Gasteiger partial charge in [0.2, 0.25) is 0 Å². The van der Waals surface area contributed by atoms with Crippen molar-refractivity contribution in [3.8, 4) is 0 Å². The highest BCUT2D eigenvalue weighted by atomic mass is 16.5. The summed E-state index contributed by atoms with van der Waals surface area (Å²) in [6.45, 7) is 3.13. The number of ether oxygens (including phenoxy) is 1. The van der Waals surface area contributed by atoms with Crippen molar-refractivity contribution < 1.29 is 4.74 Å². The van der Waals surface area contributed by atoms with Gasteiger partial charge < -0.3 is 4.74 Å². The minimum absolute atomic E-state index is 0.473. The Bertz CT molecular complexity index is 274. The number of benzene rings is 1. The van der Waals surface area contributed by atoms with Crippen molar-refractivity contribution >= 4 is 0 Å². The summed E-state index contributed by atoms with van der Waals surface area (Å²) in [7, 11) is 0. The Kier molecular flexibility index (Phi) is 2.65. The molecular weight excluding hydrogens is 160 g/mol. The van der Waals surface area contributed by atoms with Gasteiger partial charge >= 0.3 is 0 Å². The Morgan fingerprint density at radius 3 is 2.92 bits per heavy atom. The van der Waals surface area contributed by atoms with Crippen LogP contribution in [0, 0.1) is 6.92 Å². The monoisotopic (exact) mass is 176 g/mol. The molecule has 13 heavy (non-hydrogen) atoms. The fraction of sp³-hybridized carbons (Fsp3) is 0.500. The second kappa shape index (κ2) is 3.93. The standard InChI is InChI=1S/C12H16O/c1-10-5-2-3-6-11(10)9-12-7-4-8-13-12/h2-3,5-6,12H,4,7-9H2,1H3. The molecule has 1 nitrogen and oxygen atoms in total. The van der Waals surface area contributed by atoms with Crippen molar-refractivity contribution in [1.82, 2.24) is 0 Å². The van der Waals surface area contributed by atoms with Gasteiger partial charge in [0.15, 0.2) is 0 Å². The third kappa shape index (κ3) is 2.10. The Morgan fingerprint density at radius 2 is 2.23 bits per heavy atom. The molecule has 1 saturated heterocycles. The highest BCUT2D eigenvalue weighted by Gasteiger charge is 2.16. The maximum atomic E-state index is 5.61.